The molecule has 0 spiro atoms. The van der Waals surface area contributed by atoms with E-state index in [9.17, 15) is 12.8 Å². The number of halogens is 1. The van der Waals surface area contributed by atoms with Crippen molar-refractivity contribution in [2.75, 3.05) is 65.9 Å². The highest BCUT2D eigenvalue weighted by atomic mass is 32.2. The van der Waals surface area contributed by atoms with E-state index in [0.717, 1.165) is 43.5 Å². The van der Waals surface area contributed by atoms with Gasteiger partial charge in [0.2, 0.25) is 10.0 Å². The van der Waals surface area contributed by atoms with Crippen LogP contribution in [-0.2, 0) is 10.0 Å². The lowest BCUT2D eigenvalue weighted by Gasteiger charge is -2.38. The number of methoxy groups -OCH3 is 1. The Balaban J connectivity index is 1.81. The molecular formula is C22H31FN4O3S. The Morgan fingerprint density at radius 3 is 2.29 bits per heavy atom. The van der Waals surface area contributed by atoms with Crippen molar-refractivity contribution < 1.29 is 17.5 Å². The molecule has 0 bridgehead atoms. The van der Waals surface area contributed by atoms with Crippen LogP contribution in [0.1, 0.15) is 11.6 Å². The molecular weight excluding hydrogens is 419 g/mol. The summed E-state index contributed by atoms with van der Waals surface area (Å²) in [5, 5.41) is 0. The first-order chi connectivity index (χ1) is 14.7. The lowest BCUT2D eigenvalue weighted by atomic mass is 10.0. The van der Waals surface area contributed by atoms with Crippen LogP contribution < -0.4 is 14.4 Å². The topological polar surface area (TPSA) is 65.1 Å². The van der Waals surface area contributed by atoms with E-state index in [1.807, 2.05) is 43.3 Å². The van der Waals surface area contributed by atoms with Gasteiger partial charge in [0, 0.05) is 58.5 Å². The molecule has 1 N–H and O–H groups in total. The molecule has 2 aromatic rings. The highest BCUT2D eigenvalue weighted by molar-refractivity contribution is 7.89. The van der Waals surface area contributed by atoms with Crippen molar-refractivity contribution >= 4 is 15.7 Å². The van der Waals surface area contributed by atoms with Crippen LogP contribution in [0.3, 0.4) is 0 Å². The van der Waals surface area contributed by atoms with Crippen LogP contribution in [0.25, 0.3) is 0 Å². The second-order valence-corrected chi connectivity index (χ2v) is 9.76. The van der Waals surface area contributed by atoms with Crippen molar-refractivity contribution in [3.63, 3.8) is 0 Å². The highest BCUT2D eigenvalue weighted by Gasteiger charge is 2.26. The normalized spacial score (nSPS) is 16.8. The number of likely N-dealkylation sites (N-methyl/N-ethyl adjacent to an activating group) is 1. The molecule has 7 nitrogen and oxygen atoms in total. The lowest BCUT2D eigenvalue weighted by Crippen LogP contribution is -2.48. The summed E-state index contributed by atoms with van der Waals surface area (Å²) >= 11 is 0. The molecule has 1 atom stereocenters. The van der Waals surface area contributed by atoms with E-state index in [2.05, 4.69) is 21.6 Å². The maximum Gasteiger partial charge on any atom is 0.240 e. The average Bonchev–Trinajstić information content (AvgIpc) is 2.75. The minimum atomic E-state index is -3.87. The Morgan fingerprint density at radius 2 is 1.74 bits per heavy atom. The lowest BCUT2D eigenvalue weighted by molar-refractivity contribution is 0.113. The van der Waals surface area contributed by atoms with Crippen LogP contribution >= 0.6 is 0 Å². The smallest absolute Gasteiger partial charge is 0.240 e. The van der Waals surface area contributed by atoms with Gasteiger partial charge in [-0.3, -0.25) is 4.90 Å². The van der Waals surface area contributed by atoms with E-state index < -0.39 is 15.8 Å². The van der Waals surface area contributed by atoms with E-state index in [1.54, 1.807) is 0 Å². The van der Waals surface area contributed by atoms with Crippen molar-refractivity contribution in [3.8, 4) is 5.75 Å². The zero-order chi connectivity index (χ0) is 22.6. The largest absolute Gasteiger partial charge is 0.494 e. The average molecular weight is 451 g/mol. The Morgan fingerprint density at radius 1 is 1.10 bits per heavy atom. The van der Waals surface area contributed by atoms with Gasteiger partial charge in [-0.05, 0) is 42.9 Å². The van der Waals surface area contributed by atoms with Gasteiger partial charge >= 0.3 is 0 Å². The Bertz CT molecular complexity index is 975. The van der Waals surface area contributed by atoms with Crippen molar-refractivity contribution in [1.29, 1.82) is 0 Å². The van der Waals surface area contributed by atoms with Crippen molar-refractivity contribution in [3.05, 3.63) is 53.8 Å². The molecule has 0 amide bonds. The monoisotopic (exact) mass is 450 g/mol. The molecule has 9 heteroatoms. The highest BCUT2D eigenvalue weighted by Crippen LogP contribution is 2.25. The fourth-order valence-corrected chi connectivity index (χ4v) is 4.72. The van der Waals surface area contributed by atoms with E-state index in [0.29, 0.717) is 0 Å². The van der Waals surface area contributed by atoms with Crippen LogP contribution in [0, 0.1) is 5.82 Å². The molecule has 170 valence electrons. The molecule has 0 unspecified atom stereocenters. The number of benzene rings is 2. The zero-order valence-electron chi connectivity index (χ0n) is 18.5. The van der Waals surface area contributed by atoms with Crippen molar-refractivity contribution in [2.45, 2.75) is 10.9 Å². The third-order valence-electron chi connectivity index (χ3n) is 5.67. The molecule has 3 rings (SSSR count). The van der Waals surface area contributed by atoms with E-state index in [-0.39, 0.29) is 23.2 Å². The molecule has 0 aromatic heterocycles. The van der Waals surface area contributed by atoms with Gasteiger partial charge in [-0.2, -0.15) is 0 Å². The molecule has 0 aliphatic carbocycles. The predicted molar refractivity (Wildman–Crippen MR) is 121 cm³/mol. The van der Waals surface area contributed by atoms with Gasteiger partial charge in [-0.1, -0.05) is 12.1 Å². The fraction of sp³-hybridized carbons (Fsp3) is 0.455. The molecule has 1 heterocycles. The molecule has 31 heavy (non-hydrogen) atoms. The van der Waals surface area contributed by atoms with Crippen LogP contribution in [0.4, 0.5) is 10.1 Å². The van der Waals surface area contributed by atoms with E-state index >= 15 is 0 Å². The first-order valence-corrected chi connectivity index (χ1v) is 11.7. The second kappa shape index (κ2) is 9.95. The molecule has 2 aromatic carbocycles. The maximum atomic E-state index is 14.0. The standard InChI is InChI=1S/C22H31FN4O3S/c1-25(2)18-7-5-17(6-8-18)21(27-13-11-26(3)12-14-27)16-24-31(28,29)19-9-10-22(30-4)20(23)15-19/h5-10,15,21,24H,11-14,16H2,1-4H3/t21-/m1/s1. The van der Waals surface area contributed by atoms with Gasteiger partial charge < -0.3 is 14.5 Å². The predicted octanol–water partition coefficient (Wildman–Crippen LogP) is 2.17. The SMILES string of the molecule is COc1ccc(S(=O)(=O)NC[C@H](c2ccc(N(C)C)cc2)N2CCN(C)CC2)cc1F. The maximum absolute atomic E-state index is 14.0. The molecule has 1 aliphatic heterocycles. The number of piperazine rings is 1. The molecule has 1 aliphatic rings. The van der Waals surface area contributed by atoms with Crippen LogP contribution in [-0.4, -0.2) is 79.2 Å². The molecule has 0 saturated carbocycles. The van der Waals surface area contributed by atoms with Gasteiger partial charge in [-0.15, -0.1) is 0 Å². The summed E-state index contributed by atoms with van der Waals surface area (Å²) in [5.74, 6) is -0.699. The summed E-state index contributed by atoms with van der Waals surface area (Å²) in [6.07, 6.45) is 0. The molecule has 0 radical (unpaired) electrons. The van der Waals surface area contributed by atoms with Gasteiger partial charge in [0.15, 0.2) is 11.6 Å². The Hall–Kier alpha value is -2.20. The summed E-state index contributed by atoms with van der Waals surface area (Å²) in [4.78, 5) is 6.45. The van der Waals surface area contributed by atoms with Gasteiger partial charge in [0.05, 0.1) is 12.0 Å². The minimum Gasteiger partial charge on any atom is -0.494 e. The number of rotatable bonds is 8. The number of hydrogen-bond acceptors (Lipinski definition) is 6. The first-order valence-electron chi connectivity index (χ1n) is 10.2. The third-order valence-corrected chi connectivity index (χ3v) is 7.09. The van der Waals surface area contributed by atoms with Crippen molar-refractivity contribution in [1.82, 2.24) is 14.5 Å². The third kappa shape index (κ3) is 5.74. The number of ether oxygens (including phenoxy) is 1. The summed E-state index contributed by atoms with van der Waals surface area (Å²) < 4.78 is 47.3. The second-order valence-electron chi connectivity index (χ2n) is 7.99. The number of nitrogens with zero attached hydrogens (tertiary/aromatic N) is 3. The van der Waals surface area contributed by atoms with Crippen LogP contribution in [0.5, 0.6) is 5.75 Å². The molecule has 1 fully saturated rings. The van der Waals surface area contributed by atoms with Gasteiger partial charge in [0.25, 0.3) is 0 Å². The first kappa shape index (κ1) is 23.5. The van der Waals surface area contributed by atoms with E-state index in [1.165, 1.54) is 19.2 Å². The zero-order valence-corrected chi connectivity index (χ0v) is 19.3. The number of nitrogens with one attached hydrogen (secondary N) is 1. The number of sulfonamides is 1. The van der Waals surface area contributed by atoms with E-state index in [4.69, 9.17) is 4.74 Å². The summed E-state index contributed by atoms with van der Waals surface area (Å²) in [5.41, 5.74) is 2.12. The quantitative estimate of drug-likeness (QED) is 0.665. The minimum absolute atomic E-state index is 0.00949. The summed E-state index contributed by atoms with van der Waals surface area (Å²) in [6.45, 7) is 3.72. The van der Waals surface area contributed by atoms with Crippen molar-refractivity contribution in [2.24, 2.45) is 0 Å². The van der Waals surface area contributed by atoms with Crippen LogP contribution in [0.2, 0.25) is 0 Å². The Labute approximate surface area is 184 Å². The Kier molecular flexibility index (Phi) is 7.53. The molecule has 1 saturated heterocycles. The van der Waals surface area contributed by atoms with Gasteiger partial charge in [-0.25, -0.2) is 17.5 Å². The summed E-state index contributed by atoms with van der Waals surface area (Å²) in [7, 11) is 3.51. The fourth-order valence-electron chi connectivity index (χ4n) is 3.67. The van der Waals surface area contributed by atoms with Crippen LogP contribution in [0.15, 0.2) is 47.4 Å². The number of anilines is 1. The number of hydrogen-bond donors (Lipinski definition) is 1. The summed E-state index contributed by atoms with van der Waals surface area (Å²) in [6, 6.07) is 11.7. The van der Waals surface area contributed by atoms with Gasteiger partial charge in [0.1, 0.15) is 0 Å².